The Hall–Kier alpha value is -2.72. The number of ether oxygens (including phenoxy) is 1. The molecule has 4 heteroatoms. The highest BCUT2D eigenvalue weighted by atomic mass is 16.5. The van der Waals surface area contributed by atoms with Crippen LogP contribution in [0, 0.1) is 20.8 Å². The molecule has 0 spiro atoms. The third-order valence-corrected chi connectivity index (χ3v) is 6.39. The normalized spacial score (nSPS) is 19.6. The maximum Gasteiger partial charge on any atom is 0.119 e. The molecule has 4 nitrogen and oxygen atoms in total. The summed E-state index contributed by atoms with van der Waals surface area (Å²) >= 11 is 0. The highest BCUT2D eigenvalue weighted by molar-refractivity contribution is 5.35. The van der Waals surface area contributed by atoms with Gasteiger partial charge in [-0.25, -0.2) is 0 Å². The number of nitrogens with zero attached hydrogens (tertiary/aromatic N) is 3. The summed E-state index contributed by atoms with van der Waals surface area (Å²) in [5, 5.41) is 0. The summed E-state index contributed by atoms with van der Waals surface area (Å²) in [6.07, 6.45) is 7.27. The van der Waals surface area contributed by atoms with E-state index in [-0.39, 0.29) is 12.1 Å². The fourth-order valence-corrected chi connectivity index (χ4v) is 4.72. The number of aromatic nitrogens is 2. The van der Waals surface area contributed by atoms with Crippen LogP contribution >= 0.6 is 0 Å². The second-order valence-electron chi connectivity index (χ2n) is 8.34. The van der Waals surface area contributed by atoms with Gasteiger partial charge in [-0.05, 0) is 86.6 Å². The third-order valence-electron chi connectivity index (χ3n) is 6.39. The molecule has 2 atom stereocenters. The minimum absolute atomic E-state index is 0.285. The molecule has 1 saturated heterocycles. The molecule has 2 unspecified atom stereocenters. The van der Waals surface area contributed by atoms with Crippen LogP contribution in [0.25, 0.3) is 0 Å². The first kappa shape index (κ1) is 20.5. The monoisotopic (exact) mass is 401 g/mol. The molecular weight excluding hydrogens is 370 g/mol. The number of likely N-dealkylation sites (tertiary alicyclic amines) is 1. The molecule has 1 fully saturated rings. The number of methoxy groups -OCH3 is 1. The van der Waals surface area contributed by atoms with Crippen molar-refractivity contribution in [2.75, 3.05) is 7.11 Å². The minimum Gasteiger partial charge on any atom is -0.497 e. The Morgan fingerprint density at radius 1 is 0.867 bits per heavy atom. The van der Waals surface area contributed by atoms with Gasteiger partial charge in [0.15, 0.2) is 0 Å². The molecule has 1 aliphatic heterocycles. The topological polar surface area (TPSA) is 38.2 Å². The molecule has 3 aromatic rings. The first-order valence-corrected chi connectivity index (χ1v) is 10.8. The van der Waals surface area contributed by atoms with Gasteiger partial charge in [-0.15, -0.1) is 0 Å². The van der Waals surface area contributed by atoms with Gasteiger partial charge in [0.1, 0.15) is 5.75 Å². The van der Waals surface area contributed by atoms with Crippen LogP contribution in [0.4, 0.5) is 0 Å². The Balaban J connectivity index is 1.76. The minimum atomic E-state index is 0.285. The Bertz CT molecular complexity index is 963. The van der Waals surface area contributed by atoms with Gasteiger partial charge < -0.3 is 4.74 Å². The molecule has 30 heavy (non-hydrogen) atoms. The predicted octanol–water partition coefficient (Wildman–Crippen LogP) is 5.88. The maximum atomic E-state index is 5.42. The summed E-state index contributed by atoms with van der Waals surface area (Å²) in [4.78, 5) is 12.3. The van der Waals surface area contributed by atoms with Gasteiger partial charge in [0.05, 0.1) is 30.6 Å². The molecule has 0 N–H and O–H groups in total. The average Bonchev–Trinajstić information content (AvgIpc) is 2.76. The van der Waals surface area contributed by atoms with Crippen molar-refractivity contribution in [3.63, 3.8) is 0 Å². The fraction of sp³-hybridized carbons (Fsp3) is 0.385. The lowest BCUT2D eigenvalue weighted by Gasteiger charge is -2.42. The van der Waals surface area contributed by atoms with Crippen molar-refractivity contribution < 1.29 is 4.74 Å². The molecule has 1 aromatic carbocycles. The van der Waals surface area contributed by atoms with Crippen LogP contribution in [-0.4, -0.2) is 22.0 Å². The molecular formula is C26H31N3O. The number of aryl methyl sites for hydroxylation is 3. The zero-order valence-electron chi connectivity index (χ0n) is 18.4. The molecule has 4 rings (SSSR count). The summed E-state index contributed by atoms with van der Waals surface area (Å²) < 4.78 is 5.42. The number of pyridine rings is 2. The Labute approximate surface area is 180 Å². The van der Waals surface area contributed by atoms with Gasteiger partial charge >= 0.3 is 0 Å². The fourth-order valence-electron chi connectivity index (χ4n) is 4.72. The lowest BCUT2D eigenvalue weighted by atomic mass is 9.88. The van der Waals surface area contributed by atoms with Gasteiger partial charge in [0.2, 0.25) is 0 Å². The Kier molecular flexibility index (Phi) is 6.14. The van der Waals surface area contributed by atoms with Crippen LogP contribution in [0.15, 0.2) is 54.9 Å². The highest BCUT2D eigenvalue weighted by Gasteiger charge is 2.35. The zero-order valence-corrected chi connectivity index (χ0v) is 18.4. The first-order valence-electron chi connectivity index (χ1n) is 10.8. The second-order valence-corrected chi connectivity index (χ2v) is 8.34. The summed E-state index contributed by atoms with van der Waals surface area (Å²) in [6.45, 7) is 7.39. The van der Waals surface area contributed by atoms with Gasteiger partial charge in [-0.3, -0.25) is 14.9 Å². The molecule has 0 bridgehead atoms. The number of piperidine rings is 1. The Morgan fingerprint density at radius 2 is 1.47 bits per heavy atom. The first-order chi connectivity index (χ1) is 14.6. The maximum absolute atomic E-state index is 5.42. The molecule has 156 valence electrons. The smallest absolute Gasteiger partial charge is 0.119 e. The third kappa shape index (κ3) is 4.10. The largest absolute Gasteiger partial charge is 0.497 e. The van der Waals surface area contributed by atoms with E-state index in [1.807, 2.05) is 24.5 Å². The zero-order chi connectivity index (χ0) is 21.1. The summed E-state index contributed by atoms with van der Waals surface area (Å²) in [6, 6.07) is 15.4. The second kappa shape index (κ2) is 8.97. The summed E-state index contributed by atoms with van der Waals surface area (Å²) in [5.41, 5.74) is 7.50. The summed E-state index contributed by atoms with van der Waals surface area (Å²) in [7, 11) is 1.72. The van der Waals surface area contributed by atoms with Crippen molar-refractivity contribution in [2.45, 2.75) is 58.7 Å². The molecule has 0 radical (unpaired) electrons. The molecule has 0 amide bonds. The molecule has 0 saturated carbocycles. The average molecular weight is 402 g/mol. The number of rotatable bonds is 5. The van der Waals surface area contributed by atoms with Gasteiger partial charge in [-0.2, -0.15) is 0 Å². The van der Waals surface area contributed by atoms with Crippen molar-refractivity contribution in [3.05, 3.63) is 88.5 Å². The van der Waals surface area contributed by atoms with Crippen molar-refractivity contribution >= 4 is 0 Å². The van der Waals surface area contributed by atoms with E-state index >= 15 is 0 Å². The highest BCUT2D eigenvalue weighted by Crippen LogP contribution is 2.43. The van der Waals surface area contributed by atoms with E-state index in [4.69, 9.17) is 14.7 Å². The quantitative estimate of drug-likeness (QED) is 0.535. The lowest BCUT2D eigenvalue weighted by Crippen LogP contribution is -2.37. The number of hydrogen-bond donors (Lipinski definition) is 0. The van der Waals surface area contributed by atoms with Crippen LogP contribution in [-0.2, 0) is 6.54 Å². The van der Waals surface area contributed by atoms with Crippen LogP contribution in [0.2, 0.25) is 0 Å². The van der Waals surface area contributed by atoms with Crippen molar-refractivity contribution in [1.82, 2.24) is 14.9 Å². The van der Waals surface area contributed by atoms with Gasteiger partial charge in [0, 0.05) is 18.9 Å². The Morgan fingerprint density at radius 3 is 1.97 bits per heavy atom. The van der Waals surface area contributed by atoms with E-state index in [9.17, 15) is 0 Å². The van der Waals surface area contributed by atoms with E-state index in [0.717, 1.165) is 25.1 Å². The van der Waals surface area contributed by atoms with Crippen LogP contribution < -0.4 is 4.74 Å². The van der Waals surface area contributed by atoms with E-state index in [0.29, 0.717) is 0 Å². The van der Waals surface area contributed by atoms with Gasteiger partial charge in [0.25, 0.3) is 0 Å². The van der Waals surface area contributed by atoms with Crippen LogP contribution in [0.5, 0.6) is 5.75 Å². The number of benzene rings is 1. The van der Waals surface area contributed by atoms with E-state index < -0.39 is 0 Å². The van der Waals surface area contributed by atoms with Crippen LogP contribution in [0.3, 0.4) is 0 Å². The van der Waals surface area contributed by atoms with Crippen molar-refractivity contribution in [3.8, 4) is 5.75 Å². The number of hydrogen-bond acceptors (Lipinski definition) is 4. The van der Waals surface area contributed by atoms with Gasteiger partial charge in [-0.1, -0.05) is 18.2 Å². The lowest BCUT2D eigenvalue weighted by molar-refractivity contribution is 0.0677. The molecule has 0 aliphatic carbocycles. The van der Waals surface area contributed by atoms with Crippen molar-refractivity contribution in [1.29, 1.82) is 0 Å². The van der Waals surface area contributed by atoms with E-state index in [1.165, 1.54) is 40.1 Å². The molecule has 3 heterocycles. The predicted molar refractivity (Wildman–Crippen MR) is 121 cm³/mol. The molecule has 2 aromatic heterocycles. The SMILES string of the molecule is COc1ccc(CN2C(c3ncccc3C)CCCC2c2ncccc2C)c(C)c1. The summed E-state index contributed by atoms with van der Waals surface area (Å²) in [5.74, 6) is 0.907. The van der Waals surface area contributed by atoms with Crippen LogP contribution in [0.1, 0.15) is 65.0 Å². The molecule has 1 aliphatic rings. The standard InChI is InChI=1S/C26H31N3O/c1-18-8-6-14-27-25(18)23-10-5-11-24(26-19(2)9-7-15-28-26)29(23)17-21-12-13-22(30-4)16-20(21)3/h6-9,12-16,23-24H,5,10-11,17H2,1-4H3. The van der Waals surface area contributed by atoms with Crippen molar-refractivity contribution in [2.24, 2.45) is 0 Å². The van der Waals surface area contributed by atoms with E-state index in [1.54, 1.807) is 7.11 Å². The van der Waals surface area contributed by atoms with E-state index in [2.05, 4.69) is 56.0 Å².